The van der Waals surface area contributed by atoms with Crippen LogP contribution in [-0.2, 0) is 39.8 Å². The fourth-order valence-corrected chi connectivity index (χ4v) is 14.0. The van der Waals surface area contributed by atoms with Gasteiger partial charge in [-0.15, -0.1) is 0 Å². The van der Waals surface area contributed by atoms with Gasteiger partial charge in [-0.1, -0.05) is 130 Å². The first-order valence-corrected chi connectivity index (χ1v) is 22.5. The van der Waals surface area contributed by atoms with Crippen LogP contribution in [0.4, 0.5) is 4.79 Å². The molecule has 0 aromatic heterocycles. The van der Waals surface area contributed by atoms with Crippen molar-refractivity contribution in [1.82, 2.24) is 5.32 Å². The van der Waals surface area contributed by atoms with Crippen molar-refractivity contribution in [1.29, 1.82) is 0 Å². The lowest BCUT2D eigenvalue weighted by molar-refractivity contribution is -0.158. The number of nitrogens with one attached hydrogen (secondary N) is 1. The van der Waals surface area contributed by atoms with Crippen molar-refractivity contribution in [3.63, 3.8) is 0 Å². The van der Waals surface area contributed by atoms with Gasteiger partial charge in [0.05, 0.1) is 30.8 Å². The van der Waals surface area contributed by atoms with Crippen LogP contribution in [0.3, 0.4) is 0 Å². The van der Waals surface area contributed by atoms with Crippen LogP contribution in [0.25, 0.3) is 0 Å². The van der Waals surface area contributed by atoms with Gasteiger partial charge >= 0.3 is 6.09 Å². The van der Waals surface area contributed by atoms with Gasteiger partial charge in [-0.3, -0.25) is 0 Å². The molecule has 302 valence electrons. The molecule has 5 rings (SSSR count). The van der Waals surface area contributed by atoms with Gasteiger partial charge in [0.15, 0.2) is 15.6 Å². The number of hydrogen-bond acceptors (Lipinski definition) is 9. The van der Waals surface area contributed by atoms with E-state index >= 15 is 8.42 Å². The summed E-state index contributed by atoms with van der Waals surface area (Å²) in [4.78, 5) is 13.6. The van der Waals surface area contributed by atoms with E-state index in [-0.39, 0.29) is 24.7 Å². The Balaban J connectivity index is 1.71. The number of alkyl carbamates (subject to hydrolysis) is 1. The maximum atomic E-state index is 15.1. The Labute approximate surface area is 333 Å². The second-order valence-corrected chi connectivity index (χ2v) is 23.0. The lowest BCUT2D eigenvalue weighted by Crippen LogP contribution is -2.71. The minimum absolute atomic E-state index is 0.0136. The predicted octanol–water partition coefficient (Wildman–Crippen LogP) is 6.40. The number of amides is 1. The topological polar surface area (TPSA) is 130 Å². The van der Waals surface area contributed by atoms with Crippen molar-refractivity contribution in [3.05, 3.63) is 127 Å². The smallest absolute Gasteiger partial charge is 0.407 e. The van der Waals surface area contributed by atoms with E-state index in [4.69, 9.17) is 23.4 Å². The first kappa shape index (κ1) is 43.2. The molecule has 4 aromatic rings. The molecule has 0 aliphatic carbocycles. The molecule has 1 heterocycles. The van der Waals surface area contributed by atoms with Crippen LogP contribution in [-0.4, -0.2) is 82.1 Å². The van der Waals surface area contributed by atoms with Gasteiger partial charge in [0.25, 0.3) is 8.32 Å². The lowest BCUT2D eigenvalue weighted by Gasteiger charge is -2.47. The number of sulfone groups is 1. The molecule has 1 aliphatic heterocycles. The quantitative estimate of drug-likeness (QED) is 0.131. The van der Waals surface area contributed by atoms with Gasteiger partial charge < -0.3 is 33.8 Å². The zero-order chi connectivity index (χ0) is 40.8. The molecule has 0 spiro atoms. The second kappa shape index (κ2) is 17.7. The van der Waals surface area contributed by atoms with Crippen molar-refractivity contribution in [2.45, 2.75) is 113 Å². The zero-order valence-electron chi connectivity index (χ0n) is 33.7. The number of carbonyl (C=O) groups is 1. The predicted molar refractivity (Wildman–Crippen MR) is 220 cm³/mol. The molecule has 12 heteroatoms. The Morgan fingerprint density at radius 3 is 1.80 bits per heavy atom. The standard InChI is InChI=1S/C44H57NO9SSi/c1-42(2,3)53-41(47)45-36(30-50-29-32-21-13-9-14-22-32)40(55(48,49)33-23-15-10-16-24-33)38(46)39(37-31-51-44(7,8)52-37)54-56(43(4,5)6,34-25-17-11-18-26-34)35-27-19-12-20-28-35/h9-28,36-40,46H,29-31H2,1-8H3,(H,45,47)/t36-,37+,38?,39-,40?/m1/s1. The fourth-order valence-electron chi connectivity index (χ4n) is 7.29. The highest BCUT2D eigenvalue weighted by molar-refractivity contribution is 7.92. The average molecular weight is 804 g/mol. The summed E-state index contributed by atoms with van der Waals surface area (Å²) < 4.78 is 62.2. The molecule has 2 unspecified atom stereocenters. The van der Waals surface area contributed by atoms with E-state index in [9.17, 15) is 9.90 Å². The van der Waals surface area contributed by atoms with E-state index in [1.54, 1.807) is 52.8 Å². The Morgan fingerprint density at radius 1 is 0.839 bits per heavy atom. The van der Waals surface area contributed by atoms with E-state index in [2.05, 4.69) is 26.1 Å². The Bertz CT molecular complexity index is 1910. The number of ether oxygens (including phenoxy) is 4. The minimum atomic E-state index is -4.47. The molecule has 5 atom stereocenters. The highest BCUT2D eigenvalue weighted by Gasteiger charge is 2.57. The first-order chi connectivity index (χ1) is 26.3. The molecule has 0 bridgehead atoms. The van der Waals surface area contributed by atoms with Crippen LogP contribution in [0.15, 0.2) is 126 Å². The zero-order valence-corrected chi connectivity index (χ0v) is 35.5. The van der Waals surface area contributed by atoms with E-state index < -0.39 is 70.3 Å². The van der Waals surface area contributed by atoms with Gasteiger partial charge in [-0.25, -0.2) is 13.2 Å². The van der Waals surface area contributed by atoms with Crippen LogP contribution in [0.5, 0.6) is 0 Å². The summed E-state index contributed by atoms with van der Waals surface area (Å²) in [7, 11) is -7.94. The molecular weight excluding hydrogens is 747 g/mol. The fraction of sp³-hybridized carbons (Fsp3) is 0.432. The third-order valence-electron chi connectivity index (χ3n) is 9.74. The SMILES string of the molecule is CC(C)(C)OC(=O)N[C@H](COCc1ccccc1)C(C(O)[C@H](O[Si](c1ccccc1)(c1ccccc1)C(C)(C)C)[C@@H]1COC(C)(C)O1)S(=O)(=O)c1ccccc1. The summed E-state index contributed by atoms with van der Waals surface area (Å²) in [6.07, 6.45) is -4.87. The monoisotopic (exact) mass is 803 g/mol. The Kier molecular flexibility index (Phi) is 13.7. The maximum absolute atomic E-state index is 15.1. The molecule has 4 aromatic carbocycles. The number of aliphatic hydroxyl groups excluding tert-OH is 1. The summed E-state index contributed by atoms with van der Waals surface area (Å²) in [5, 5.41) is 15.5. The molecule has 2 N–H and O–H groups in total. The van der Waals surface area contributed by atoms with Crippen molar-refractivity contribution in [2.75, 3.05) is 13.2 Å². The van der Waals surface area contributed by atoms with Gasteiger partial charge in [0, 0.05) is 0 Å². The second-order valence-electron chi connectivity index (χ2n) is 16.7. The van der Waals surface area contributed by atoms with Crippen molar-refractivity contribution in [3.8, 4) is 0 Å². The summed E-state index contributed by atoms with van der Waals surface area (Å²) in [6, 6.07) is 35.7. The third-order valence-corrected chi connectivity index (χ3v) is 17.0. The average Bonchev–Trinajstić information content (AvgIpc) is 3.51. The number of carbonyl (C=O) groups excluding carboxylic acids is 1. The number of aliphatic hydroxyl groups is 1. The van der Waals surface area contributed by atoms with E-state index in [1.165, 1.54) is 12.1 Å². The van der Waals surface area contributed by atoms with Crippen LogP contribution in [0.2, 0.25) is 5.04 Å². The van der Waals surface area contributed by atoms with Crippen LogP contribution >= 0.6 is 0 Å². The lowest BCUT2D eigenvalue weighted by atomic mass is 10.0. The molecule has 10 nitrogen and oxygen atoms in total. The Hall–Kier alpha value is -3.88. The summed E-state index contributed by atoms with van der Waals surface area (Å²) in [5.74, 6) is -1.06. The number of rotatable bonds is 15. The third kappa shape index (κ3) is 10.3. The van der Waals surface area contributed by atoms with Gasteiger partial charge in [0.2, 0.25) is 0 Å². The van der Waals surface area contributed by atoms with Crippen LogP contribution in [0, 0.1) is 0 Å². The number of hydrogen-bond donors (Lipinski definition) is 2. The minimum Gasteiger partial charge on any atom is -0.444 e. The van der Waals surface area contributed by atoms with Crippen LogP contribution < -0.4 is 15.7 Å². The molecule has 56 heavy (non-hydrogen) atoms. The molecule has 1 fully saturated rings. The van der Waals surface area contributed by atoms with E-state index in [0.29, 0.717) is 0 Å². The molecule has 0 saturated carbocycles. The number of benzene rings is 4. The van der Waals surface area contributed by atoms with Crippen LogP contribution in [0.1, 0.15) is 61.0 Å². The molecule has 1 amide bonds. The molecule has 1 saturated heterocycles. The molecule has 0 radical (unpaired) electrons. The first-order valence-electron chi connectivity index (χ1n) is 19.0. The largest absolute Gasteiger partial charge is 0.444 e. The van der Waals surface area contributed by atoms with E-state index in [1.807, 2.05) is 91.0 Å². The summed E-state index contributed by atoms with van der Waals surface area (Å²) in [5.41, 5.74) is -0.0558. The van der Waals surface area contributed by atoms with Gasteiger partial charge in [-0.2, -0.15) is 0 Å². The molecular formula is C44H57NO9SSi. The van der Waals surface area contributed by atoms with Crippen molar-refractivity contribution in [2.24, 2.45) is 0 Å². The summed E-state index contributed by atoms with van der Waals surface area (Å²) in [6.45, 7) is 14.8. The molecule has 1 aliphatic rings. The highest BCUT2D eigenvalue weighted by atomic mass is 32.2. The van der Waals surface area contributed by atoms with Gasteiger partial charge in [-0.05, 0) is 67.7 Å². The van der Waals surface area contributed by atoms with E-state index in [0.717, 1.165) is 15.9 Å². The highest BCUT2D eigenvalue weighted by Crippen LogP contribution is 2.41. The maximum Gasteiger partial charge on any atom is 0.407 e. The van der Waals surface area contributed by atoms with Crippen molar-refractivity contribution >= 4 is 34.6 Å². The normalized spacial score (nSPS) is 18.4. The van der Waals surface area contributed by atoms with Crippen molar-refractivity contribution < 1.29 is 41.7 Å². The van der Waals surface area contributed by atoms with Gasteiger partial charge in [0.1, 0.15) is 29.2 Å². The Morgan fingerprint density at radius 2 is 1.34 bits per heavy atom. The summed E-state index contributed by atoms with van der Waals surface area (Å²) >= 11 is 0.